The number of aromatic carboxylic acids is 1. The van der Waals surface area contributed by atoms with Crippen LogP contribution in [0.1, 0.15) is 40.4 Å². The van der Waals surface area contributed by atoms with E-state index in [1.807, 2.05) is 6.07 Å². The van der Waals surface area contributed by atoms with Crippen molar-refractivity contribution in [1.82, 2.24) is 0 Å². The van der Waals surface area contributed by atoms with Crippen LogP contribution in [0.3, 0.4) is 0 Å². The number of carbonyl (C=O) groups is 1. The first-order valence-electron chi connectivity index (χ1n) is 8.75. The highest BCUT2D eigenvalue weighted by Gasteiger charge is 2.21. The van der Waals surface area contributed by atoms with E-state index in [9.17, 15) is 9.90 Å². The van der Waals surface area contributed by atoms with Gasteiger partial charge in [0.1, 0.15) is 0 Å². The van der Waals surface area contributed by atoms with Gasteiger partial charge in [0.15, 0.2) is 0 Å². The van der Waals surface area contributed by atoms with Crippen molar-refractivity contribution in [2.24, 2.45) is 0 Å². The fraction of sp³-hybridized carbons (Fsp3) is 0.174. The first-order valence-corrected chi connectivity index (χ1v) is 8.75. The fourth-order valence-corrected chi connectivity index (χ4v) is 3.87. The van der Waals surface area contributed by atoms with Gasteiger partial charge in [0, 0.05) is 0 Å². The summed E-state index contributed by atoms with van der Waals surface area (Å²) in [6.45, 7) is 2.08. The topological polar surface area (TPSA) is 37.3 Å². The van der Waals surface area contributed by atoms with E-state index in [4.69, 9.17) is 0 Å². The molecule has 2 nitrogen and oxygen atoms in total. The third-order valence-electron chi connectivity index (χ3n) is 5.02. The number of benzene rings is 3. The number of carboxylic acid groups (broad SMARTS) is 1. The predicted molar refractivity (Wildman–Crippen MR) is 101 cm³/mol. The van der Waals surface area contributed by atoms with Crippen LogP contribution in [0.15, 0.2) is 60.7 Å². The second-order valence-electron chi connectivity index (χ2n) is 6.59. The maximum absolute atomic E-state index is 11.5. The molecular formula is C23H20O2. The van der Waals surface area contributed by atoms with Crippen molar-refractivity contribution in [3.05, 3.63) is 82.9 Å². The summed E-state index contributed by atoms with van der Waals surface area (Å²) in [6, 6.07) is 20.7. The molecule has 0 aromatic heterocycles. The molecule has 0 aliphatic heterocycles. The number of hydrogen-bond acceptors (Lipinski definition) is 1. The zero-order valence-corrected chi connectivity index (χ0v) is 14.3. The minimum Gasteiger partial charge on any atom is -0.478 e. The molecule has 0 saturated heterocycles. The van der Waals surface area contributed by atoms with Crippen molar-refractivity contribution in [2.75, 3.05) is 0 Å². The molecule has 1 N–H and O–H groups in total. The number of carboxylic acids is 1. The number of aryl methyl sites for hydroxylation is 1. The normalized spacial score (nSPS) is 11.9. The molecule has 1 aliphatic carbocycles. The zero-order valence-electron chi connectivity index (χ0n) is 14.3. The van der Waals surface area contributed by atoms with Crippen molar-refractivity contribution in [1.29, 1.82) is 0 Å². The highest BCUT2D eigenvalue weighted by atomic mass is 16.4. The average Bonchev–Trinajstić information content (AvgIpc) is 3.00. The van der Waals surface area contributed by atoms with Gasteiger partial charge in [-0.05, 0) is 57.9 Å². The monoisotopic (exact) mass is 328 g/mol. The summed E-state index contributed by atoms with van der Waals surface area (Å²) >= 11 is 0. The first-order chi connectivity index (χ1) is 12.2. The third kappa shape index (κ3) is 2.64. The van der Waals surface area contributed by atoms with Crippen LogP contribution < -0.4 is 0 Å². The van der Waals surface area contributed by atoms with Crippen molar-refractivity contribution in [2.45, 2.75) is 26.2 Å². The molecule has 0 atom stereocenters. The van der Waals surface area contributed by atoms with E-state index in [2.05, 4.69) is 55.5 Å². The van der Waals surface area contributed by atoms with Crippen LogP contribution >= 0.6 is 0 Å². The fourth-order valence-electron chi connectivity index (χ4n) is 3.87. The van der Waals surface area contributed by atoms with E-state index >= 15 is 0 Å². The van der Waals surface area contributed by atoms with Crippen molar-refractivity contribution >= 4 is 5.97 Å². The van der Waals surface area contributed by atoms with Gasteiger partial charge in [-0.1, -0.05) is 67.9 Å². The van der Waals surface area contributed by atoms with E-state index in [1.165, 1.54) is 27.8 Å². The van der Waals surface area contributed by atoms with Gasteiger partial charge < -0.3 is 5.11 Å². The van der Waals surface area contributed by atoms with Crippen LogP contribution in [0.5, 0.6) is 0 Å². The van der Waals surface area contributed by atoms with Crippen LogP contribution in [-0.4, -0.2) is 11.1 Å². The molecule has 2 heteroatoms. The number of rotatable bonds is 4. The SMILES string of the molecule is CCCc1cc(-c2cccc3c2Cc2ccccc2-3)ccc1C(=O)O. The molecule has 124 valence electrons. The highest BCUT2D eigenvalue weighted by molar-refractivity contribution is 5.91. The van der Waals surface area contributed by atoms with E-state index in [1.54, 1.807) is 6.07 Å². The molecule has 25 heavy (non-hydrogen) atoms. The van der Waals surface area contributed by atoms with Gasteiger partial charge in [-0.2, -0.15) is 0 Å². The Balaban J connectivity index is 1.85. The number of hydrogen-bond donors (Lipinski definition) is 1. The Kier molecular flexibility index (Phi) is 3.89. The molecule has 0 amide bonds. The van der Waals surface area contributed by atoms with E-state index in [0.717, 1.165) is 30.4 Å². The summed E-state index contributed by atoms with van der Waals surface area (Å²) in [5.41, 5.74) is 8.97. The van der Waals surface area contributed by atoms with Crippen LogP contribution in [-0.2, 0) is 12.8 Å². The lowest BCUT2D eigenvalue weighted by atomic mass is 9.92. The van der Waals surface area contributed by atoms with Crippen molar-refractivity contribution in [3.8, 4) is 22.3 Å². The summed E-state index contributed by atoms with van der Waals surface area (Å²) in [4.78, 5) is 11.5. The zero-order chi connectivity index (χ0) is 17.4. The largest absolute Gasteiger partial charge is 0.478 e. The molecule has 3 aromatic carbocycles. The highest BCUT2D eigenvalue weighted by Crippen LogP contribution is 2.41. The first kappa shape index (κ1) is 15.6. The Hall–Kier alpha value is -2.87. The quantitative estimate of drug-likeness (QED) is 0.531. The van der Waals surface area contributed by atoms with E-state index < -0.39 is 5.97 Å². The molecule has 3 aromatic rings. The second kappa shape index (κ2) is 6.21. The van der Waals surface area contributed by atoms with Crippen LogP contribution in [0.25, 0.3) is 22.3 Å². The molecule has 0 spiro atoms. The minimum atomic E-state index is -0.847. The lowest BCUT2D eigenvalue weighted by Crippen LogP contribution is -2.03. The molecule has 4 rings (SSSR count). The lowest BCUT2D eigenvalue weighted by molar-refractivity contribution is 0.0695. The minimum absolute atomic E-state index is 0.418. The maximum atomic E-state index is 11.5. The van der Waals surface area contributed by atoms with Gasteiger partial charge in [-0.15, -0.1) is 0 Å². The van der Waals surface area contributed by atoms with Gasteiger partial charge in [0.25, 0.3) is 0 Å². The Morgan fingerprint density at radius 2 is 1.72 bits per heavy atom. The summed E-state index contributed by atoms with van der Waals surface area (Å²) in [7, 11) is 0. The van der Waals surface area contributed by atoms with Gasteiger partial charge in [-0.3, -0.25) is 0 Å². The van der Waals surface area contributed by atoms with Gasteiger partial charge in [-0.25, -0.2) is 4.79 Å². The summed E-state index contributed by atoms with van der Waals surface area (Å²) in [5, 5.41) is 9.43. The molecular weight excluding hydrogens is 308 g/mol. The standard InChI is InChI=1S/C23H20O2/c1-2-6-15-13-17(11-12-20(15)23(24)25)19-9-5-10-21-18-8-4-3-7-16(18)14-22(19)21/h3-5,7-13H,2,6,14H2,1H3,(H,24,25). The molecule has 0 saturated carbocycles. The molecule has 0 radical (unpaired) electrons. The number of fused-ring (bicyclic) bond motifs is 3. The van der Waals surface area contributed by atoms with Crippen LogP contribution in [0, 0.1) is 0 Å². The van der Waals surface area contributed by atoms with Gasteiger partial charge >= 0.3 is 5.97 Å². The molecule has 0 unspecified atom stereocenters. The van der Waals surface area contributed by atoms with Crippen molar-refractivity contribution < 1.29 is 9.90 Å². The Labute approximate surface area is 147 Å². The summed E-state index contributed by atoms with van der Waals surface area (Å²) in [5.74, 6) is -0.847. The van der Waals surface area contributed by atoms with Gasteiger partial charge in [0.05, 0.1) is 5.56 Å². The van der Waals surface area contributed by atoms with Crippen molar-refractivity contribution in [3.63, 3.8) is 0 Å². The second-order valence-corrected chi connectivity index (χ2v) is 6.59. The Bertz CT molecular complexity index is 970. The Morgan fingerprint density at radius 3 is 2.52 bits per heavy atom. The molecule has 1 aliphatic rings. The van der Waals surface area contributed by atoms with Crippen LogP contribution in [0.4, 0.5) is 0 Å². The van der Waals surface area contributed by atoms with E-state index in [0.29, 0.717) is 5.56 Å². The average molecular weight is 328 g/mol. The molecule has 0 bridgehead atoms. The molecule has 0 fully saturated rings. The summed E-state index contributed by atoms with van der Waals surface area (Å²) in [6.07, 6.45) is 2.65. The lowest BCUT2D eigenvalue weighted by Gasteiger charge is -2.12. The van der Waals surface area contributed by atoms with Gasteiger partial charge in [0.2, 0.25) is 0 Å². The third-order valence-corrected chi connectivity index (χ3v) is 5.02. The molecule has 0 heterocycles. The van der Waals surface area contributed by atoms with E-state index in [-0.39, 0.29) is 0 Å². The smallest absolute Gasteiger partial charge is 0.335 e. The maximum Gasteiger partial charge on any atom is 0.335 e. The summed E-state index contributed by atoms with van der Waals surface area (Å²) < 4.78 is 0. The Morgan fingerprint density at radius 1 is 0.960 bits per heavy atom. The van der Waals surface area contributed by atoms with Crippen LogP contribution in [0.2, 0.25) is 0 Å². The predicted octanol–water partition coefficient (Wildman–Crippen LogP) is 5.58.